The SMILES string of the molecule is COc1ccc(C(=O)Nc2ccccc2C(=O)Nc2nccs2)c(OC)c1. The first kappa shape index (κ1) is 18.4. The first-order valence-electron chi connectivity index (χ1n) is 7.95. The number of hydrogen-bond acceptors (Lipinski definition) is 6. The van der Waals surface area contributed by atoms with Crippen LogP contribution in [0, 0.1) is 0 Å². The van der Waals surface area contributed by atoms with E-state index < -0.39 is 5.91 Å². The molecule has 0 aliphatic carbocycles. The predicted molar refractivity (Wildman–Crippen MR) is 104 cm³/mol. The third kappa shape index (κ3) is 4.24. The van der Waals surface area contributed by atoms with E-state index in [0.717, 1.165) is 0 Å². The third-order valence-electron chi connectivity index (χ3n) is 3.73. The normalized spacial score (nSPS) is 10.1. The molecule has 27 heavy (non-hydrogen) atoms. The lowest BCUT2D eigenvalue weighted by molar-refractivity contribution is 0.102. The van der Waals surface area contributed by atoms with Crippen LogP contribution in [0.3, 0.4) is 0 Å². The second kappa shape index (κ2) is 8.33. The van der Waals surface area contributed by atoms with Gasteiger partial charge in [0.1, 0.15) is 11.5 Å². The molecule has 1 aromatic heterocycles. The van der Waals surface area contributed by atoms with Gasteiger partial charge in [0.15, 0.2) is 5.13 Å². The number of ether oxygens (including phenoxy) is 2. The molecule has 3 rings (SSSR count). The molecular formula is C19H17N3O4S. The van der Waals surface area contributed by atoms with Crippen molar-refractivity contribution < 1.29 is 19.1 Å². The number of carbonyl (C=O) groups excluding carboxylic acids is 2. The highest BCUT2D eigenvalue weighted by Crippen LogP contribution is 2.26. The van der Waals surface area contributed by atoms with Crippen molar-refractivity contribution >= 4 is 34.0 Å². The lowest BCUT2D eigenvalue weighted by Gasteiger charge is -2.13. The van der Waals surface area contributed by atoms with E-state index in [1.807, 2.05) is 0 Å². The molecule has 0 atom stereocenters. The highest BCUT2D eigenvalue weighted by molar-refractivity contribution is 7.13. The number of hydrogen-bond donors (Lipinski definition) is 2. The predicted octanol–water partition coefficient (Wildman–Crippen LogP) is 3.66. The van der Waals surface area contributed by atoms with E-state index in [2.05, 4.69) is 15.6 Å². The van der Waals surface area contributed by atoms with Crippen molar-refractivity contribution in [2.24, 2.45) is 0 Å². The van der Waals surface area contributed by atoms with E-state index in [1.165, 1.54) is 25.6 Å². The summed E-state index contributed by atoms with van der Waals surface area (Å²) < 4.78 is 10.4. The molecule has 2 amide bonds. The minimum absolute atomic E-state index is 0.327. The Hall–Kier alpha value is -3.39. The van der Waals surface area contributed by atoms with Crippen LogP contribution in [0.2, 0.25) is 0 Å². The molecule has 3 aromatic rings. The van der Waals surface area contributed by atoms with Crippen LogP contribution in [0.5, 0.6) is 11.5 Å². The number of methoxy groups -OCH3 is 2. The van der Waals surface area contributed by atoms with E-state index in [4.69, 9.17) is 9.47 Å². The molecule has 2 N–H and O–H groups in total. The summed E-state index contributed by atoms with van der Waals surface area (Å²) in [5, 5.41) is 7.71. The summed E-state index contributed by atoms with van der Waals surface area (Å²) in [6.07, 6.45) is 1.60. The summed E-state index contributed by atoms with van der Waals surface area (Å²) in [5.74, 6) is 0.190. The molecule has 0 aliphatic heterocycles. The Morgan fingerprint density at radius 1 is 0.963 bits per heavy atom. The van der Waals surface area contributed by atoms with Crippen molar-refractivity contribution in [3.63, 3.8) is 0 Å². The largest absolute Gasteiger partial charge is 0.497 e. The summed E-state index contributed by atoms with van der Waals surface area (Å²) in [5.41, 5.74) is 1.04. The molecule has 0 fully saturated rings. The maximum absolute atomic E-state index is 12.7. The number of para-hydroxylation sites is 1. The molecule has 0 radical (unpaired) electrons. The molecule has 0 aliphatic rings. The van der Waals surface area contributed by atoms with Gasteiger partial charge in [0.25, 0.3) is 11.8 Å². The zero-order valence-corrected chi connectivity index (χ0v) is 15.5. The fraction of sp³-hybridized carbons (Fsp3) is 0.105. The van der Waals surface area contributed by atoms with E-state index in [-0.39, 0.29) is 5.91 Å². The van der Waals surface area contributed by atoms with Crippen LogP contribution in [0.25, 0.3) is 0 Å². The van der Waals surface area contributed by atoms with Crippen LogP contribution in [0.1, 0.15) is 20.7 Å². The maximum Gasteiger partial charge on any atom is 0.259 e. The zero-order chi connectivity index (χ0) is 19.2. The van der Waals surface area contributed by atoms with E-state index in [9.17, 15) is 9.59 Å². The number of nitrogens with zero attached hydrogens (tertiary/aromatic N) is 1. The molecule has 0 bridgehead atoms. The van der Waals surface area contributed by atoms with Crippen molar-refractivity contribution in [2.75, 3.05) is 24.9 Å². The average molecular weight is 383 g/mol. The number of amides is 2. The van der Waals surface area contributed by atoms with Gasteiger partial charge in [-0.1, -0.05) is 12.1 Å². The van der Waals surface area contributed by atoms with E-state index in [1.54, 1.807) is 54.0 Å². The van der Waals surface area contributed by atoms with Crippen LogP contribution in [-0.4, -0.2) is 31.0 Å². The monoisotopic (exact) mass is 383 g/mol. The number of aromatic nitrogens is 1. The first-order valence-corrected chi connectivity index (χ1v) is 8.83. The lowest BCUT2D eigenvalue weighted by Crippen LogP contribution is -2.18. The number of thiazole rings is 1. The van der Waals surface area contributed by atoms with Crippen LogP contribution >= 0.6 is 11.3 Å². The van der Waals surface area contributed by atoms with Crippen LogP contribution in [0.15, 0.2) is 54.0 Å². The molecule has 7 nitrogen and oxygen atoms in total. The van der Waals surface area contributed by atoms with Crippen LogP contribution in [-0.2, 0) is 0 Å². The molecule has 0 saturated carbocycles. The topological polar surface area (TPSA) is 89.5 Å². The van der Waals surface area contributed by atoms with Gasteiger partial charge in [-0.2, -0.15) is 0 Å². The fourth-order valence-corrected chi connectivity index (χ4v) is 2.94. The third-order valence-corrected chi connectivity index (χ3v) is 4.41. The Morgan fingerprint density at radius 3 is 2.44 bits per heavy atom. The molecule has 0 spiro atoms. The van der Waals surface area contributed by atoms with E-state index in [0.29, 0.717) is 33.4 Å². The standard InChI is InChI=1S/C19H17N3O4S/c1-25-12-7-8-14(16(11-12)26-2)18(24)21-15-6-4-3-5-13(15)17(23)22-19-20-9-10-27-19/h3-11H,1-2H3,(H,21,24)(H,20,22,23). The number of anilines is 2. The Bertz CT molecular complexity index is 957. The quantitative estimate of drug-likeness (QED) is 0.678. The van der Waals surface area contributed by atoms with Gasteiger partial charge in [-0.15, -0.1) is 11.3 Å². The summed E-state index contributed by atoms with van der Waals surface area (Å²) >= 11 is 1.31. The summed E-state index contributed by atoms with van der Waals surface area (Å²) in [6.45, 7) is 0. The van der Waals surface area contributed by atoms with Gasteiger partial charge in [0.2, 0.25) is 0 Å². The summed E-state index contributed by atoms with van der Waals surface area (Å²) in [6, 6.07) is 11.6. The van der Waals surface area contributed by atoms with E-state index >= 15 is 0 Å². The molecule has 138 valence electrons. The van der Waals surface area contributed by atoms with Gasteiger partial charge in [-0.25, -0.2) is 4.98 Å². The van der Waals surface area contributed by atoms with Gasteiger partial charge < -0.3 is 14.8 Å². The second-order valence-electron chi connectivity index (χ2n) is 5.36. The van der Waals surface area contributed by atoms with Gasteiger partial charge in [-0.3, -0.25) is 14.9 Å². The lowest BCUT2D eigenvalue weighted by atomic mass is 10.1. The van der Waals surface area contributed by atoms with Crippen molar-refractivity contribution in [3.05, 3.63) is 65.2 Å². The molecule has 2 aromatic carbocycles. The molecule has 8 heteroatoms. The van der Waals surface area contributed by atoms with Gasteiger partial charge >= 0.3 is 0 Å². The minimum Gasteiger partial charge on any atom is -0.497 e. The first-order chi connectivity index (χ1) is 13.1. The smallest absolute Gasteiger partial charge is 0.259 e. The van der Waals surface area contributed by atoms with Gasteiger partial charge in [0.05, 0.1) is 31.0 Å². The summed E-state index contributed by atoms with van der Waals surface area (Å²) in [7, 11) is 3.01. The molecule has 0 saturated heterocycles. The fourth-order valence-electron chi connectivity index (χ4n) is 2.42. The molecule has 0 unspecified atom stereocenters. The Balaban J connectivity index is 1.84. The van der Waals surface area contributed by atoms with Gasteiger partial charge in [0, 0.05) is 17.6 Å². The minimum atomic E-state index is -0.399. The van der Waals surface area contributed by atoms with Crippen molar-refractivity contribution in [1.82, 2.24) is 4.98 Å². The zero-order valence-electron chi connectivity index (χ0n) is 14.7. The molecule has 1 heterocycles. The van der Waals surface area contributed by atoms with Gasteiger partial charge in [-0.05, 0) is 24.3 Å². The second-order valence-corrected chi connectivity index (χ2v) is 6.25. The Morgan fingerprint density at radius 2 is 1.74 bits per heavy atom. The number of nitrogens with one attached hydrogen (secondary N) is 2. The number of benzene rings is 2. The average Bonchev–Trinajstić information content (AvgIpc) is 3.20. The van der Waals surface area contributed by atoms with Crippen molar-refractivity contribution in [1.29, 1.82) is 0 Å². The highest BCUT2D eigenvalue weighted by Gasteiger charge is 2.17. The van der Waals surface area contributed by atoms with Crippen molar-refractivity contribution in [2.45, 2.75) is 0 Å². The van der Waals surface area contributed by atoms with Crippen molar-refractivity contribution in [3.8, 4) is 11.5 Å². The van der Waals surface area contributed by atoms with Crippen LogP contribution in [0.4, 0.5) is 10.8 Å². The Labute approximate surface area is 160 Å². The number of carbonyl (C=O) groups is 2. The number of rotatable bonds is 6. The van der Waals surface area contributed by atoms with Crippen LogP contribution < -0.4 is 20.1 Å². The summed E-state index contributed by atoms with van der Waals surface area (Å²) in [4.78, 5) is 29.3. The highest BCUT2D eigenvalue weighted by atomic mass is 32.1. The molecular weight excluding hydrogens is 366 g/mol. The Kier molecular flexibility index (Phi) is 5.68. The maximum atomic E-state index is 12.7.